The fraction of sp³-hybridized carbons (Fsp3) is 0.600. The molecule has 0 bridgehead atoms. The standard InChI is InChI=1S/C15H22O4/c1-12-4-2-3-5-15(12)19-11-13(16)10-18-14-6-8-17-9-7-14/h2-5,13-14,16H,6-11H2,1H3. The largest absolute Gasteiger partial charge is 0.491 e. The molecule has 1 aliphatic rings. The Morgan fingerprint density at radius 1 is 1.26 bits per heavy atom. The lowest BCUT2D eigenvalue weighted by atomic mass is 10.1. The van der Waals surface area contributed by atoms with E-state index in [4.69, 9.17) is 14.2 Å². The molecule has 0 saturated carbocycles. The van der Waals surface area contributed by atoms with Gasteiger partial charge in [0.15, 0.2) is 0 Å². The Morgan fingerprint density at radius 2 is 2.00 bits per heavy atom. The predicted molar refractivity (Wildman–Crippen MR) is 72.5 cm³/mol. The van der Waals surface area contributed by atoms with Gasteiger partial charge in [-0.05, 0) is 31.4 Å². The zero-order valence-electron chi connectivity index (χ0n) is 11.4. The molecule has 0 radical (unpaired) electrons. The molecule has 19 heavy (non-hydrogen) atoms. The summed E-state index contributed by atoms with van der Waals surface area (Å²) in [4.78, 5) is 0. The van der Waals surface area contributed by atoms with E-state index in [1.165, 1.54) is 0 Å². The molecular weight excluding hydrogens is 244 g/mol. The van der Waals surface area contributed by atoms with E-state index in [-0.39, 0.29) is 12.7 Å². The molecule has 0 aromatic heterocycles. The van der Waals surface area contributed by atoms with Gasteiger partial charge in [-0.2, -0.15) is 0 Å². The van der Waals surface area contributed by atoms with Crippen LogP contribution in [0.2, 0.25) is 0 Å². The zero-order chi connectivity index (χ0) is 13.5. The number of aliphatic hydroxyl groups excluding tert-OH is 1. The first-order chi connectivity index (χ1) is 9.25. The molecule has 1 N–H and O–H groups in total. The molecule has 1 aliphatic heterocycles. The zero-order valence-corrected chi connectivity index (χ0v) is 11.4. The minimum atomic E-state index is -0.595. The highest BCUT2D eigenvalue weighted by Gasteiger charge is 2.16. The van der Waals surface area contributed by atoms with Gasteiger partial charge in [0, 0.05) is 13.2 Å². The molecule has 1 atom stereocenters. The summed E-state index contributed by atoms with van der Waals surface area (Å²) in [5.74, 6) is 0.813. The summed E-state index contributed by atoms with van der Waals surface area (Å²) < 4.78 is 16.5. The van der Waals surface area contributed by atoms with Crippen LogP contribution in [0.15, 0.2) is 24.3 Å². The minimum absolute atomic E-state index is 0.210. The van der Waals surface area contributed by atoms with Crippen LogP contribution in [0.1, 0.15) is 18.4 Å². The average molecular weight is 266 g/mol. The van der Waals surface area contributed by atoms with E-state index in [9.17, 15) is 5.11 Å². The SMILES string of the molecule is Cc1ccccc1OCC(O)COC1CCOCC1. The van der Waals surface area contributed by atoms with Crippen molar-refractivity contribution in [2.75, 3.05) is 26.4 Å². The van der Waals surface area contributed by atoms with Crippen molar-refractivity contribution in [3.05, 3.63) is 29.8 Å². The van der Waals surface area contributed by atoms with E-state index in [2.05, 4.69) is 0 Å². The molecule has 106 valence electrons. The van der Waals surface area contributed by atoms with Crippen LogP contribution in [-0.4, -0.2) is 43.7 Å². The lowest BCUT2D eigenvalue weighted by Crippen LogP contribution is -2.30. The third kappa shape index (κ3) is 4.82. The fourth-order valence-electron chi connectivity index (χ4n) is 2.04. The molecule has 0 spiro atoms. The number of rotatable bonds is 6. The van der Waals surface area contributed by atoms with Gasteiger partial charge in [0.1, 0.15) is 18.5 Å². The number of ether oxygens (including phenoxy) is 3. The van der Waals surface area contributed by atoms with Crippen molar-refractivity contribution in [2.45, 2.75) is 32.0 Å². The first-order valence-corrected chi connectivity index (χ1v) is 6.81. The van der Waals surface area contributed by atoms with Gasteiger partial charge in [-0.25, -0.2) is 0 Å². The van der Waals surface area contributed by atoms with Gasteiger partial charge in [0.2, 0.25) is 0 Å². The van der Waals surface area contributed by atoms with E-state index in [0.717, 1.165) is 37.4 Å². The summed E-state index contributed by atoms with van der Waals surface area (Å²) in [5, 5.41) is 9.85. The molecule has 1 unspecified atom stereocenters. The quantitative estimate of drug-likeness (QED) is 0.854. The third-order valence-corrected chi connectivity index (χ3v) is 3.22. The predicted octanol–water partition coefficient (Wildman–Crippen LogP) is 1.93. The number of hydrogen-bond acceptors (Lipinski definition) is 4. The Labute approximate surface area is 114 Å². The van der Waals surface area contributed by atoms with E-state index in [1.54, 1.807) is 0 Å². The number of para-hydroxylation sites is 1. The Bertz CT molecular complexity index is 374. The second kappa shape index (κ2) is 7.48. The maximum atomic E-state index is 9.85. The van der Waals surface area contributed by atoms with E-state index in [1.807, 2.05) is 31.2 Å². The number of hydrogen-bond donors (Lipinski definition) is 1. The molecule has 2 rings (SSSR count). The van der Waals surface area contributed by atoms with Gasteiger partial charge in [-0.15, -0.1) is 0 Å². The van der Waals surface area contributed by atoms with Crippen molar-refractivity contribution in [2.24, 2.45) is 0 Å². The maximum absolute atomic E-state index is 9.85. The van der Waals surface area contributed by atoms with Crippen LogP contribution in [0.4, 0.5) is 0 Å². The Morgan fingerprint density at radius 3 is 2.74 bits per heavy atom. The maximum Gasteiger partial charge on any atom is 0.122 e. The second-order valence-electron chi connectivity index (χ2n) is 4.88. The highest BCUT2D eigenvalue weighted by molar-refractivity contribution is 5.31. The van der Waals surface area contributed by atoms with Crippen LogP contribution in [0, 0.1) is 6.92 Å². The van der Waals surface area contributed by atoms with Crippen LogP contribution >= 0.6 is 0 Å². The topological polar surface area (TPSA) is 47.9 Å². The molecule has 1 saturated heterocycles. The van der Waals surface area contributed by atoms with Crippen molar-refractivity contribution >= 4 is 0 Å². The van der Waals surface area contributed by atoms with Crippen molar-refractivity contribution in [1.29, 1.82) is 0 Å². The molecule has 1 aromatic rings. The summed E-state index contributed by atoms with van der Waals surface area (Å²) in [7, 11) is 0. The molecule has 4 heteroatoms. The summed E-state index contributed by atoms with van der Waals surface area (Å²) in [6.07, 6.45) is 1.43. The smallest absolute Gasteiger partial charge is 0.122 e. The Kier molecular flexibility index (Phi) is 5.63. The van der Waals surface area contributed by atoms with Gasteiger partial charge in [-0.3, -0.25) is 0 Å². The van der Waals surface area contributed by atoms with Gasteiger partial charge in [-0.1, -0.05) is 18.2 Å². The van der Waals surface area contributed by atoms with E-state index >= 15 is 0 Å². The summed E-state index contributed by atoms with van der Waals surface area (Å²) >= 11 is 0. The normalized spacial score (nSPS) is 18.2. The van der Waals surface area contributed by atoms with Crippen LogP contribution in [0.25, 0.3) is 0 Å². The molecule has 1 fully saturated rings. The van der Waals surface area contributed by atoms with Gasteiger partial charge >= 0.3 is 0 Å². The van der Waals surface area contributed by atoms with Crippen LogP contribution < -0.4 is 4.74 Å². The number of aliphatic hydroxyl groups is 1. The average Bonchev–Trinajstić information content (AvgIpc) is 2.45. The molecule has 0 aliphatic carbocycles. The summed E-state index contributed by atoms with van der Waals surface area (Å²) in [5.41, 5.74) is 1.07. The number of aryl methyl sites for hydroxylation is 1. The Balaban J connectivity index is 1.66. The van der Waals surface area contributed by atoms with Crippen molar-refractivity contribution < 1.29 is 19.3 Å². The highest BCUT2D eigenvalue weighted by atomic mass is 16.5. The van der Waals surface area contributed by atoms with Crippen molar-refractivity contribution in [3.8, 4) is 5.75 Å². The molecule has 0 amide bonds. The van der Waals surface area contributed by atoms with E-state index in [0.29, 0.717) is 6.61 Å². The summed E-state index contributed by atoms with van der Waals surface area (Å²) in [6, 6.07) is 7.78. The van der Waals surface area contributed by atoms with E-state index < -0.39 is 6.10 Å². The van der Waals surface area contributed by atoms with Gasteiger partial charge < -0.3 is 19.3 Å². The van der Waals surface area contributed by atoms with Gasteiger partial charge in [0.25, 0.3) is 0 Å². The minimum Gasteiger partial charge on any atom is -0.491 e. The molecule has 1 heterocycles. The first kappa shape index (κ1) is 14.3. The Hall–Kier alpha value is -1.10. The third-order valence-electron chi connectivity index (χ3n) is 3.22. The molecular formula is C15H22O4. The highest BCUT2D eigenvalue weighted by Crippen LogP contribution is 2.16. The number of benzene rings is 1. The fourth-order valence-corrected chi connectivity index (χ4v) is 2.04. The van der Waals surface area contributed by atoms with Crippen LogP contribution in [-0.2, 0) is 9.47 Å². The lowest BCUT2D eigenvalue weighted by molar-refractivity contribution is -0.0659. The van der Waals surface area contributed by atoms with Crippen molar-refractivity contribution in [3.63, 3.8) is 0 Å². The van der Waals surface area contributed by atoms with Gasteiger partial charge in [0.05, 0.1) is 12.7 Å². The van der Waals surface area contributed by atoms with Crippen molar-refractivity contribution in [1.82, 2.24) is 0 Å². The van der Waals surface area contributed by atoms with Crippen LogP contribution in [0.5, 0.6) is 5.75 Å². The monoisotopic (exact) mass is 266 g/mol. The molecule has 1 aromatic carbocycles. The second-order valence-corrected chi connectivity index (χ2v) is 4.88. The van der Waals surface area contributed by atoms with Crippen LogP contribution in [0.3, 0.4) is 0 Å². The first-order valence-electron chi connectivity index (χ1n) is 6.81. The lowest BCUT2D eigenvalue weighted by Gasteiger charge is -2.23. The molecule has 4 nitrogen and oxygen atoms in total. The summed E-state index contributed by atoms with van der Waals surface area (Å²) in [6.45, 7) is 4.06.